The van der Waals surface area contributed by atoms with E-state index in [-0.39, 0.29) is 11.3 Å². The molecule has 0 spiro atoms. The molecule has 1 aliphatic heterocycles. The number of ether oxygens (including phenoxy) is 1. The van der Waals surface area contributed by atoms with E-state index in [9.17, 15) is 4.79 Å². The second-order valence-electron chi connectivity index (χ2n) is 6.58. The average Bonchev–Trinajstić information content (AvgIpc) is 2.47. The van der Waals surface area contributed by atoms with Crippen molar-refractivity contribution in [2.75, 3.05) is 33.3 Å². The maximum atomic E-state index is 12.4. The molecule has 21 heavy (non-hydrogen) atoms. The van der Waals surface area contributed by atoms with Crippen molar-refractivity contribution in [3.63, 3.8) is 0 Å². The summed E-state index contributed by atoms with van der Waals surface area (Å²) in [6.45, 7) is 9.88. The fourth-order valence-corrected chi connectivity index (χ4v) is 2.57. The number of amides is 1. The van der Waals surface area contributed by atoms with Crippen LogP contribution in [0, 0.1) is 0 Å². The lowest BCUT2D eigenvalue weighted by Crippen LogP contribution is -2.47. The van der Waals surface area contributed by atoms with Crippen molar-refractivity contribution in [2.24, 2.45) is 0 Å². The highest BCUT2D eigenvalue weighted by atomic mass is 16.5. The Hall–Kier alpha value is -1.55. The summed E-state index contributed by atoms with van der Waals surface area (Å²) in [6.07, 6.45) is 0.410. The molecule has 1 amide bonds. The second kappa shape index (κ2) is 6.48. The first kappa shape index (κ1) is 15.8. The summed E-state index contributed by atoms with van der Waals surface area (Å²) in [4.78, 5) is 14.4. The van der Waals surface area contributed by atoms with Crippen LogP contribution >= 0.6 is 0 Å². The molecule has 1 aromatic carbocycles. The van der Waals surface area contributed by atoms with E-state index in [2.05, 4.69) is 38.2 Å². The van der Waals surface area contributed by atoms with Crippen LogP contribution in [0.25, 0.3) is 0 Å². The standard InChI is InChI=1S/C17H26N2O2/c1-17(2,3)14-5-6-15(21-4)13(11-14)12-16(20)19-9-7-18-8-10-19/h5-6,11,18H,7-10,12H2,1-4H3. The van der Waals surface area contributed by atoms with Crippen LogP contribution in [0.15, 0.2) is 18.2 Å². The average molecular weight is 290 g/mol. The third-order valence-electron chi connectivity index (χ3n) is 3.96. The van der Waals surface area contributed by atoms with Crippen molar-refractivity contribution < 1.29 is 9.53 Å². The number of rotatable bonds is 3. The number of hydrogen-bond donors (Lipinski definition) is 1. The van der Waals surface area contributed by atoms with Gasteiger partial charge in [-0.15, -0.1) is 0 Å². The van der Waals surface area contributed by atoms with Crippen molar-refractivity contribution in [2.45, 2.75) is 32.6 Å². The van der Waals surface area contributed by atoms with Crippen molar-refractivity contribution in [1.29, 1.82) is 0 Å². The Bertz CT molecular complexity index is 500. The first-order valence-electron chi connectivity index (χ1n) is 7.57. The minimum absolute atomic E-state index is 0.0686. The van der Waals surface area contributed by atoms with Gasteiger partial charge in [-0.05, 0) is 17.0 Å². The first-order chi connectivity index (χ1) is 9.91. The summed E-state index contributed by atoms with van der Waals surface area (Å²) in [5, 5.41) is 3.27. The van der Waals surface area contributed by atoms with Crippen molar-refractivity contribution in [3.8, 4) is 5.75 Å². The molecule has 0 aliphatic carbocycles. The summed E-state index contributed by atoms with van der Waals surface area (Å²) < 4.78 is 5.42. The Morgan fingerprint density at radius 3 is 2.52 bits per heavy atom. The number of carbonyl (C=O) groups is 1. The summed E-state index contributed by atoms with van der Waals surface area (Å²) >= 11 is 0. The molecule has 4 nitrogen and oxygen atoms in total. The monoisotopic (exact) mass is 290 g/mol. The fourth-order valence-electron chi connectivity index (χ4n) is 2.57. The zero-order valence-electron chi connectivity index (χ0n) is 13.5. The number of carbonyl (C=O) groups excluding carboxylic acids is 1. The van der Waals surface area contributed by atoms with Gasteiger partial charge in [0.15, 0.2) is 0 Å². The smallest absolute Gasteiger partial charge is 0.227 e. The Balaban J connectivity index is 2.18. The topological polar surface area (TPSA) is 41.6 Å². The predicted octanol–water partition coefficient (Wildman–Crippen LogP) is 1.97. The van der Waals surface area contributed by atoms with E-state index in [1.54, 1.807) is 7.11 Å². The minimum atomic E-state index is 0.0686. The van der Waals surface area contributed by atoms with Crippen LogP contribution in [0.5, 0.6) is 5.75 Å². The number of nitrogens with one attached hydrogen (secondary N) is 1. The molecule has 1 heterocycles. The van der Waals surface area contributed by atoms with E-state index in [1.165, 1.54) is 5.56 Å². The lowest BCUT2D eigenvalue weighted by atomic mass is 9.85. The highest BCUT2D eigenvalue weighted by Crippen LogP contribution is 2.28. The molecule has 1 N–H and O–H groups in total. The molecule has 0 radical (unpaired) electrons. The molecule has 1 fully saturated rings. The van der Waals surface area contributed by atoms with Crippen LogP contribution in [0.2, 0.25) is 0 Å². The molecule has 0 atom stereocenters. The lowest BCUT2D eigenvalue weighted by molar-refractivity contribution is -0.131. The molecule has 1 aliphatic rings. The molecule has 2 rings (SSSR count). The van der Waals surface area contributed by atoms with Gasteiger partial charge in [0.1, 0.15) is 5.75 Å². The number of piperazine rings is 1. The second-order valence-corrected chi connectivity index (χ2v) is 6.58. The van der Waals surface area contributed by atoms with Gasteiger partial charge >= 0.3 is 0 Å². The van der Waals surface area contributed by atoms with Gasteiger partial charge in [-0.25, -0.2) is 0 Å². The maximum absolute atomic E-state index is 12.4. The summed E-state index contributed by atoms with van der Waals surface area (Å²) in [5.41, 5.74) is 2.28. The molecular formula is C17H26N2O2. The van der Waals surface area contributed by atoms with Gasteiger partial charge in [0.05, 0.1) is 13.5 Å². The van der Waals surface area contributed by atoms with E-state index in [1.807, 2.05) is 11.0 Å². The Kier molecular flexibility index (Phi) is 4.88. The SMILES string of the molecule is COc1ccc(C(C)(C)C)cc1CC(=O)N1CCNCC1. The highest BCUT2D eigenvalue weighted by Gasteiger charge is 2.20. The summed E-state index contributed by atoms with van der Waals surface area (Å²) in [7, 11) is 1.66. The Morgan fingerprint density at radius 2 is 1.95 bits per heavy atom. The van der Waals surface area contributed by atoms with Crippen molar-refractivity contribution in [3.05, 3.63) is 29.3 Å². The molecular weight excluding hydrogens is 264 g/mol. The van der Waals surface area contributed by atoms with Crippen LogP contribution in [-0.4, -0.2) is 44.1 Å². The van der Waals surface area contributed by atoms with Gasteiger partial charge in [-0.1, -0.05) is 32.9 Å². The number of methoxy groups -OCH3 is 1. The number of benzene rings is 1. The van der Waals surface area contributed by atoms with Crippen molar-refractivity contribution in [1.82, 2.24) is 10.2 Å². The van der Waals surface area contributed by atoms with E-state index in [0.29, 0.717) is 6.42 Å². The van der Waals surface area contributed by atoms with Gasteiger partial charge in [0.25, 0.3) is 0 Å². The predicted molar refractivity (Wildman–Crippen MR) is 84.8 cm³/mol. The molecule has 1 saturated heterocycles. The third-order valence-corrected chi connectivity index (χ3v) is 3.96. The molecule has 0 saturated carbocycles. The van der Waals surface area contributed by atoms with E-state index in [0.717, 1.165) is 37.5 Å². The van der Waals surface area contributed by atoms with Gasteiger partial charge in [-0.3, -0.25) is 4.79 Å². The van der Waals surface area contributed by atoms with Crippen LogP contribution in [-0.2, 0) is 16.6 Å². The third kappa shape index (κ3) is 3.97. The van der Waals surface area contributed by atoms with Crippen LogP contribution in [0.4, 0.5) is 0 Å². The van der Waals surface area contributed by atoms with Crippen LogP contribution in [0.1, 0.15) is 31.9 Å². The van der Waals surface area contributed by atoms with Crippen LogP contribution < -0.4 is 10.1 Å². The van der Waals surface area contributed by atoms with E-state index in [4.69, 9.17) is 4.74 Å². The fraction of sp³-hybridized carbons (Fsp3) is 0.588. The molecule has 0 unspecified atom stereocenters. The summed E-state index contributed by atoms with van der Waals surface area (Å²) in [6, 6.07) is 6.16. The lowest BCUT2D eigenvalue weighted by Gasteiger charge is -2.28. The zero-order valence-corrected chi connectivity index (χ0v) is 13.5. The first-order valence-corrected chi connectivity index (χ1v) is 7.57. The number of hydrogen-bond acceptors (Lipinski definition) is 3. The molecule has 0 aromatic heterocycles. The quantitative estimate of drug-likeness (QED) is 0.925. The van der Waals surface area contributed by atoms with E-state index >= 15 is 0 Å². The zero-order chi connectivity index (χ0) is 15.5. The maximum Gasteiger partial charge on any atom is 0.227 e. The van der Waals surface area contributed by atoms with Gasteiger partial charge in [0.2, 0.25) is 5.91 Å². The summed E-state index contributed by atoms with van der Waals surface area (Å²) in [5.74, 6) is 0.979. The van der Waals surface area contributed by atoms with Gasteiger partial charge < -0.3 is 15.0 Å². The van der Waals surface area contributed by atoms with Crippen molar-refractivity contribution >= 4 is 5.91 Å². The minimum Gasteiger partial charge on any atom is -0.496 e. The molecule has 4 heteroatoms. The van der Waals surface area contributed by atoms with Crippen LogP contribution in [0.3, 0.4) is 0 Å². The largest absolute Gasteiger partial charge is 0.496 e. The van der Waals surface area contributed by atoms with Gasteiger partial charge in [-0.2, -0.15) is 0 Å². The normalized spacial score (nSPS) is 15.9. The molecule has 116 valence electrons. The Morgan fingerprint density at radius 1 is 1.29 bits per heavy atom. The molecule has 1 aromatic rings. The van der Waals surface area contributed by atoms with E-state index < -0.39 is 0 Å². The molecule has 0 bridgehead atoms. The number of nitrogens with zero attached hydrogens (tertiary/aromatic N) is 1. The highest BCUT2D eigenvalue weighted by molar-refractivity contribution is 5.79. The Labute approximate surface area is 127 Å². The van der Waals surface area contributed by atoms with Gasteiger partial charge in [0, 0.05) is 31.7 Å².